The smallest absolute Gasteiger partial charge is 0.281 e. The number of methoxy groups -OCH3 is 1. The monoisotopic (exact) mass is 542 g/mol. The van der Waals surface area contributed by atoms with Gasteiger partial charge >= 0.3 is 0 Å². The molecule has 0 N–H and O–H groups in total. The van der Waals surface area contributed by atoms with Gasteiger partial charge in [-0.25, -0.2) is 5.01 Å². The summed E-state index contributed by atoms with van der Waals surface area (Å²) in [6.07, 6.45) is 1.27. The van der Waals surface area contributed by atoms with Gasteiger partial charge in [0.2, 0.25) is 0 Å². The highest BCUT2D eigenvalue weighted by Gasteiger charge is 2.34. The molecule has 1 amide bonds. The number of nitrogens with zero attached hydrogens (tertiary/aromatic N) is 2. The van der Waals surface area contributed by atoms with E-state index in [1.54, 1.807) is 25.3 Å². The third kappa shape index (κ3) is 4.75. The van der Waals surface area contributed by atoms with Crippen LogP contribution >= 0.6 is 15.9 Å². The maximum Gasteiger partial charge on any atom is 0.281 e. The Labute approximate surface area is 217 Å². The molecular formula is C29H23BrN2O4. The van der Waals surface area contributed by atoms with Crippen LogP contribution in [0.4, 0.5) is 0 Å². The summed E-state index contributed by atoms with van der Waals surface area (Å²) in [5.41, 5.74) is 3.14. The van der Waals surface area contributed by atoms with Crippen LogP contribution in [-0.4, -0.2) is 36.6 Å². The zero-order valence-corrected chi connectivity index (χ0v) is 21.1. The summed E-state index contributed by atoms with van der Waals surface area (Å²) in [5, 5.41) is 8.49. The lowest BCUT2D eigenvalue weighted by Gasteiger charge is -2.22. The van der Waals surface area contributed by atoms with E-state index >= 15 is 0 Å². The van der Waals surface area contributed by atoms with Gasteiger partial charge in [0.25, 0.3) is 5.91 Å². The maximum atomic E-state index is 13.4. The molecule has 0 spiro atoms. The number of aldehydes is 1. The van der Waals surface area contributed by atoms with Crippen LogP contribution in [0.2, 0.25) is 0 Å². The summed E-state index contributed by atoms with van der Waals surface area (Å²) in [7, 11) is 1.62. The number of hydrazone groups is 1. The van der Waals surface area contributed by atoms with E-state index in [1.165, 1.54) is 5.01 Å². The molecule has 6 nitrogen and oxygen atoms in total. The molecule has 0 saturated carbocycles. The molecule has 7 heteroatoms. The zero-order valence-electron chi connectivity index (χ0n) is 19.6. The number of ether oxygens (including phenoxy) is 2. The van der Waals surface area contributed by atoms with Crippen molar-refractivity contribution in [3.8, 4) is 11.5 Å². The first-order valence-corrected chi connectivity index (χ1v) is 12.3. The van der Waals surface area contributed by atoms with Crippen molar-refractivity contribution in [1.29, 1.82) is 0 Å². The maximum absolute atomic E-state index is 13.4. The van der Waals surface area contributed by atoms with Gasteiger partial charge in [-0.3, -0.25) is 9.59 Å². The van der Waals surface area contributed by atoms with Crippen LogP contribution < -0.4 is 9.47 Å². The number of fused-ring (bicyclic) bond motifs is 1. The number of halogens is 1. The predicted octanol–water partition coefficient (Wildman–Crippen LogP) is 6.18. The standard InChI is InChI=1S/C29H23BrN2O4/c1-35-23-12-9-20(10-13-23)27-16-26(25-8-4-6-19-5-2-3-7-24(19)25)31-32(27)29(34)18-36-28-14-11-22(30)15-21(28)17-33/h2-15,17,27H,16,18H2,1H3. The highest BCUT2D eigenvalue weighted by Crippen LogP contribution is 2.35. The lowest BCUT2D eigenvalue weighted by molar-refractivity contribution is -0.135. The SMILES string of the molecule is COc1ccc(C2CC(c3cccc4ccccc34)=NN2C(=O)COc2ccc(Br)cc2C=O)cc1. The molecule has 4 aromatic carbocycles. The third-order valence-corrected chi connectivity index (χ3v) is 6.71. The number of hydrogen-bond acceptors (Lipinski definition) is 5. The first-order valence-electron chi connectivity index (χ1n) is 11.5. The first kappa shape index (κ1) is 23.8. The highest BCUT2D eigenvalue weighted by atomic mass is 79.9. The van der Waals surface area contributed by atoms with Crippen molar-refractivity contribution in [2.45, 2.75) is 12.5 Å². The molecule has 0 aromatic heterocycles. The highest BCUT2D eigenvalue weighted by molar-refractivity contribution is 9.10. The molecule has 0 fully saturated rings. The summed E-state index contributed by atoms with van der Waals surface area (Å²) in [5.74, 6) is 0.788. The Hall–Kier alpha value is -3.97. The molecule has 0 radical (unpaired) electrons. The van der Waals surface area contributed by atoms with Gasteiger partial charge in [-0.1, -0.05) is 70.5 Å². The topological polar surface area (TPSA) is 68.2 Å². The van der Waals surface area contributed by atoms with Crippen LogP contribution in [0.1, 0.15) is 33.9 Å². The summed E-state index contributed by atoms with van der Waals surface area (Å²) < 4.78 is 11.8. The molecule has 1 aliphatic rings. The minimum Gasteiger partial charge on any atom is -0.497 e. The van der Waals surface area contributed by atoms with Crippen molar-refractivity contribution < 1.29 is 19.1 Å². The largest absolute Gasteiger partial charge is 0.497 e. The summed E-state index contributed by atoms with van der Waals surface area (Å²) in [4.78, 5) is 24.9. The number of carbonyl (C=O) groups excluding carboxylic acids is 2. The van der Waals surface area contributed by atoms with E-state index in [9.17, 15) is 9.59 Å². The van der Waals surface area contributed by atoms with Crippen LogP contribution in [-0.2, 0) is 4.79 Å². The minimum absolute atomic E-state index is 0.249. The van der Waals surface area contributed by atoms with E-state index in [0.717, 1.165) is 37.8 Å². The molecule has 1 aliphatic heterocycles. The molecule has 5 rings (SSSR count). The van der Waals surface area contributed by atoms with Gasteiger partial charge in [0.05, 0.1) is 24.4 Å². The van der Waals surface area contributed by atoms with Crippen molar-refractivity contribution in [1.82, 2.24) is 5.01 Å². The lowest BCUT2D eigenvalue weighted by atomic mass is 9.95. The molecule has 1 unspecified atom stereocenters. The van der Waals surface area contributed by atoms with Gasteiger partial charge in [-0.2, -0.15) is 5.10 Å². The van der Waals surface area contributed by atoms with Crippen molar-refractivity contribution in [3.05, 3.63) is 106 Å². The average Bonchev–Trinajstić information content (AvgIpc) is 3.37. The molecule has 0 aliphatic carbocycles. The summed E-state index contributed by atoms with van der Waals surface area (Å²) in [6, 6.07) is 26.7. The van der Waals surface area contributed by atoms with Crippen LogP contribution in [0, 0.1) is 0 Å². The zero-order chi connectivity index (χ0) is 25.1. The molecule has 0 saturated heterocycles. The molecule has 1 heterocycles. The Morgan fingerprint density at radius 3 is 2.61 bits per heavy atom. The second kappa shape index (κ2) is 10.3. The number of hydrogen-bond donors (Lipinski definition) is 0. The summed E-state index contributed by atoms with van der Waals surface area (Å²) in [6.45, 7) is -0.249. The van der Waals surface area contributed by atoms with Crippen LogP contribution in [0.5, 0.6) is 11.5 Å². The van der Waals surface area contributed by atoms with E-state index in [2.05, 4.69) is 34.1 Å². The summed E-state index contributed by atoms with van der Waals surface area (Å²) >= 11 is 3.34. The van der Waals surface area contributed by atoms with Crippen LogP contribution in [0.25, 0.3) is 10.8 Å². The Morgan fingerprint density at radius 2 is 1.83 bits per heavy atom. The first-order chi connectivity index (χ1) is 17.6. The van der Waals surface area contributed by atoms with Crippen molar-refractivity contribution in [2.24, 2.45) is 5.10 Å². The van der Waals surface area contributed by atoms with Gasteiger partial charge < -0.3 is 9.47 Å². The molecule has 1 atom stereocenters. The average molecular weight is 543 g/mol. The van der Waals surface area contributed by atoms with Crippen molar-refractivity contribution >= 4 is 44.6 Å². The fourth-order valence-electron chi connectivity index (χ4n) is 4.41. The molecule has 180 valence electrons. The lowest BCUT2D eigenvalue weighted by Crippen LogP contribution is -2.31. The molecule has 4 aromatic rings. The number of rotatable bonds is 7. The Morgan fingerprint density at radius 1 is 1.06 bits per heavy atom. The third-order valence-electron chi connectivity index (χ3n) is 6.22. The molecular weight excluding hydrogens is 520 g/mol. The van der Waals surface area contributed by atoms with Gasteiger partial charge in [-0.05, 0) is 46.7 Å². The fourth-order valence-corrected chi connectivity index (χ4v) is 4.79. The van der Waals surface area contributed by atoms with Crippen LogP contribution in [0.3, 0.4) is 0 Å². The van der Waals surface area contributed by atoms with Crippen LogP contribution in [0.15, 0.2) is 94.5 Å². The van der Waals surface area contributed by atoms with E-state index < -0.39 is 0 Å². The molecule has 0 bridgehead atoms. The molecule has 36 heavy (non-hydrogen) atoms. The van der Waals surface area contributed by atoms with Crippen molar-refractivity contribution in [2.75, 3.05) is 13.7 Å². The number of amides is 1. The minimum atomic E-state index is -0.300. The van der Waals surface area contributed by atoms with E-state index in [-0.39, 0.29) is 18.6 Å². The van der Waals surface area contributed by atoms with E-state index in [1.807, 2.05) is 48.5 Å². The second-order valence-corrected chi connectivity index (χ2v) is 9.31. The second-order valence-electron chi connectivity index (χ2n) is 8.39. The van der Waals surface area contributed by atoms with Crippen molar-refractivity contribution in [3.63, 3.8) is 0 Å². The van der Waals surface area contributed by atoms with Gasteiger partial charge in [0.1, 0.15) is 11.5 Å². The van der Waals surface area contributed by atoms with Gasteiger partial charge in [0.15, 0.2) is 12.9 Å². The quantitative estimate of drug-likeness (QED) is 0.261. The fraction of sp³-hybridized carbons (Fsp3) is 0.138. The Bertz CT molecular complexity index is 1460. The van der Waals surface area contributed by atoms with Gasteiger partial charge in [-0.15, -0.1) is 0 Å². The van der Waals surface area contributed by atoms with E-state index in [4.69, 9.17) is 14.6 Å². The number of benzene rings is 4. The normalized spacial score (nSPS) is 15.0. The predicted molar refractivity (Wildman–Crippen MR) is 143 cm³/mol. The van der Waals surface area contributed by atoms with Gasteiger partial charge in [0, 0.05) is 16.5 Å². The number of carbonyl (C=O) groups is 2. The van der Waals surface area contributed by atoms with E-state index in [0.29, 0.717) is 24.0 Å². The Kier molecular flexibility index (Phi) is 6.82. The Balaban J connectivity index is 1.47.